The van der Waals surface area contributed by atoms with Gasteiger partial charge in [0.05, 0.1) is 0 Å². The SMILES string of the molecule is O=C(CC1CCCCNC1=O)NCC1(Sc2ccccc2)CCCC1. The molecule has 1 aromatic rings. The molecule has 136 valence electrons. The highest BCUT2D eigenvalue weighted by Gasteiger charge is 2.35. The van der Waals surface area contributed by atoms with E-state index in [1.165, 1.54) is 17.7 Å². The normalized spacial score (nSPS) is 22.9. The van der Waals surface area contributed by atoms with E-state index in [4.69, 9.17) is 0 Å². The minimum atomic E-state index is -0.163. The van der Waals surface area contributed by atoms with Crippen molar-refractivity contribution in [2.45, 2.75) is 61.0 Å². The molecule has 1 aliphatic carbocycles. The summed E-state index contributed by atoms with van der Waals surface area (Å²) >= 11 is 1.90. The summed E-state index contributed by atoms with van der Waals surface area (Å²) in [7, 11) is 0. The van der Waals surface area contributed by atoms with Crippen LogP contribution in [0.2, 0.25) is 0 Å². The highest BCUT2D eigenvalue weighted by atomic mass is 32.2. The molecule has 2 fully saturated rings. The van der Waals surface area contributed by atoms with Crippen molar-refractivity contribution in [1.82, 2.24) is 10.6 Å². The van der Waals surface area contributed by atoms with Crippen LogP contribution in [0.5, 0.6) is 0 Å². The zero-order valence-corrected chi connectivity index (χ0v) is 15.6. The molecule has 5 heteroatoms. The molecule has 25 heavy (non-hydrogen) atoms. The number of benzene rings is 1. The van der Waals surface area contributed by atoms with Crippen LogP contribution in [0.1, 0.15) is 51.4 Å². The van der Waals surface area contributed by atoms with Crippen LogP contribution in [0.25, 0.3) is 0 Å². The van der Waals surface area contributed by atoms with Gasteiger partial charge in [-0.05, 0) is 37.8 Å². The lowest BCUT2D eigenvalue weighted by molar-refractivity contribution is -0.130. The van der Waals surface area contributed by atoms with Crippen LogP contribution in [0.3, 0.4) is 0 Å². The Balaban J connectivity index is 1.54. The number of carbonyl (C=O) groups excluding carboxylic acids is 2. The predicted molar refractivity (Wildman–Crippen MR) is 101 cm³/mol. The fourth-order valence-corrected chi connectivity index (χ4v) is 5.26. The topological polar surface area (TPSA) is 58.2 Å². The van der Waals surface area contributed by atoms with Crippen molar-refractivity contribution in [3.05, 3.63) is 30.3 Å². The Hall–Kier alpha value is -1.49. The average Bonchev–Trinajstić information content (AvgIpc) is 2.98. The molecule has 3 rings (SSSR count). The van der Waals surface area contributed by atoms with E-state index in [-0.39, 0.29) is 22.5 Å². The molecule has 2 aliphatic rings. The fourth-order valence-electron chi connectivity index (χ4n) is 3.83. The minimum Gasteiger partial charge on any atom is -0.356 e. The Bertz CT molecular complexity index is 585. The molecule has 1 heterocycles. The number of rotatable bonds is 6. The van der Waals surface area contributed by atoms with E-state index in [1.54, 1.807) is 0 Å². The Morgan fingerprint density at radius 2 is 1.92 bits per heavy atom. The van der Waals surface area contributed by atoms with Gasteiger partial charge in [0.2, 0.25) is 11.8 Å². The Morgan fingerprint density at radius 1 is 1.16 bits per heavy atom. The molecule has 1 atom stereocenters. The molecule has 1 aromatic carbocycles. The molecule has 2 N–H and O–H groups in total. The first-order valence-corrected chi connectivity index (χ1v) is 10.3. The molecule has 4 nitrogen and oxygen atoms in total. The van der Waals surface area contributed by atoms with Crippen molar-refractivity contribution in [1.29, 1.82) is 0 Å². The van der Waals surface area contributed by atoms with E-state index in [2.05, 4.69) is 34.9 Å². The van der Waals surface area contributed by atoms with E-state index in [9.17, 15) is 9.59 Å². The van der Waals surface area contributed by atoms with Gasteiger partial charge in [-0.1, -0.05) is 37.5 Å². The highest BCUT2D eigenvalue weighted by Crippen LogP contribution is 2.44. The Morgan fingerprint density at radius 3 is 2.68 bits per heavy atom. The van der Waals surface area contributed by atoms with E-state index in [0.717, 1.165) is 38.6 Å². The van der Waals surface area contributed by atoms with Crippen LogP contribution in [0.15, 0.2) is 35.2 Å². The first-order chi connectivity index (χ1) is 12.2. The van der Waals surface area contributed by atoms with E-state index in [0.29, 0.717) is 13.0 Å². The molecule has 0 spiro atoms. The molecular formula is C20H28N2O2S. The smallest absolute Gasteiger partial charge is 0.223 e. The molecule has 1 saturated carbocycles. The van der Waals surface area contributed by atoms with Gasteiger partial charge in [0.1, 0.15) is 0 Å². The van der Waals surface area contributed by atoms with Crippen LogP contribution < -0.4 is 10.6 Å². The summed E-state index contributed by atoms with van der Waals surface area (Å²) in [6.07, 6.45) is 7.89. The summed E-state index contributed by atoms with van der Waals surface area (Å²) < 4.78 is 0.0999. The van der Waals surface area contributed by atoms with Gasteiger partial charge < -0.3 is 10.6 Å². The highest BCUT2D eigenvalue weighted by molar-refractivity contribution is 8.00. The largest absolute Gasteiger partial charge is 0.356 e. The second-order valence-electron chi connectivity index (χ2n) is 7.27. The summed E-state index contributed by atoms with van der Waals surface area (Å²) in [5, 5.41) is 6.05. The van der Waals surface area contributed by atoms with Gasteiger partial charge >= 0.3 is 0 Å². The molecule has 0 bridgehead atoms. The van der Waals surface area contributed by atoms with Gasteiger partial charge in [-0.15, -0.1) is 11.8 Å². The van der Waals surface area contributed by atoms with Gasteiger partial charge in [-0.3, -0.25) is 9.59 Å². The molecule has 0 radical (unpaired) electrons. The van der Waals surface area contributed by atoms with Gasteiger partial charge in [-0.25, -0.2) is 0 Å². The van der Waals surface area contributed by atoms with Crippen LogP contribution >= 0.6 is 11.8 Å². The third-order valence-electron chi connectivity index (χ3n) is 5.28. The lowest BCUT2D eigenvalue weighted by atomic mass is 9.98. The number of nitrogens with one attached hydrogen (secondary N) is 2. The number of amides is 2. The lowest BCUT2D eigenvalue weighted by Gasteiger charge is -2.29. The molecule has 1 saturated heterocycles. The maximum absolute atomic E-state index is 12.4. The van der Waals surface area contributed by atoms with Gasteiger partial charge in [0.15, 0.2) is 0 Å². The lowest BCUT2D eigenvalue weighted by Crippen LogP contribution is -2.40. The Kier molecular flexibility index (Phi) is 6.40. The third-order valence-corrected chi connectivity index (χ3v) is 6.77. The summed E-state index contributed by atoms with van der Waals surface area (Å²) in [5.41, 5.74) is 0. The number of hydrogen-bond donors (Lipinski definition) is 2. The van der Waals surface area contributed by atoms with E-state index < -0.39 is 0 Å². The predicted octanol–water partition coefficient (Wildman–Crippen LogP) is 3.51. The molecule has 1 unspecified atom stereocenters. The second kappa shape index (κ2) is 8.75. The maximum Gasteiger partial charge on any atom is 0.223 e. The van der Waals surface area contributed by atoms with Crippen LogP contribution in [0, 0.1) is 5.92 Å². The van der Waals surface area contributed by atoms with Crippen molar-refractivity contribution in [2.24, 2.45) is 5.92 Å². The minimum absolute atomic E-state index is 0.0157. The molecule has 2 amide bonds. The Labute approximate surface area is 154 Å². The summed E-state index contributed by atoms with van der Waals surface area (Å²) in [5.74, 6) is -0.104. The van der Waals surface area contributed by atoms with Gasteiger partial charge in [0.25, 0.3) is 0 Å². The summed E-state index contributed by atoms with van der Waals surface area (Å²) in [4.78, 5) is 25.7. The van der Waals surface area contributed by atoms with Crippen LogP contribution in [-0.2, 0) is 9.59 Å². The zero-order chi connectivity index (χ0) is 17.5. The fraction of sp³-hybridized carbons (Fsp3) is 0.600. The average molecular weight is 361 g/mol. The molecule has 1 aliphatic heterocycles. The van der Waals surface area contributed by atoms with Gasteiger partial charge in [-0.2, -0.15) is 0 Å². The first-order valence-electron chi connectivity index (χ1n) is 9.45. The second-order valence-corrected chi connectivity index (χ2v) is 8.81. The van der Waals surface area contributed by atoms with Crippen molar-refractivity contribution >= 4 is 23.6 Å². The van der Waals surface area contributed by atoms with Crippen molar-refractivity contribution in [3.63, 3.8) is 0 Å². The molecular weight excluding hydrogens is 332 g/mol. The summed E-state index contributed by atoms with van der Waals surface area (Å²) in [6, 6.07) is 10.4. The van der Waals surface area contributed by atoms with Crippen LogP contribution in [-0.4, -0.2) is 29.7 Å². The quantitative estimate of drug-likeness (QED) is 0.816. The standard InChI is InChI=1S/C20H28N2O2S/c23-18(14-16-8-4-7-13-21-19(16)24)22-15-20(11-5-6-12-20)25-17-9-2-1-3-10-17/h1-3,9-10,16H,4-8,11-15H2,(H,21,24)(H,22,23). The number of hydrogen-bond acceptors (Lipinski definition) is 3. The maximum atomic E-state index is 12.4. The van der Waals surface area contributed by atoms with E-state index in [1.807, 2.05) is 17.8 Å². The van der Waals surface area contributed by atoms with Crippen molar-refractivity contribution < 1.29 is 9.59 Å². The molecule has 0 aromatic heterocycles. The summed E-state index contributed by atoms with van der Waals surface area (Å²) in [6.45, 7) is 1.44. The monoisotopic (exact) mass is 360 g/mol. The van der Waals surface area contributed by atoms with Gasteiger partial charge in [0, 0.05) is 35.1 Å². The van der Waals surface area contributed by atoms with E-state index >= 15 is 0 Å². The van der Waals surface area contributed by atoms with Crippen molar-refractivity contribution in [3.8, 4) is 0 Å². The zero-order valence-electron chi connectivity index (χ0n) is 14.8. The third kappa shape index (κ3) is 5.24. The van der Waals surface area contributed by atoms with Crippen molar-refractivity contribution in [2.75, 3.05) is 13.1 Å². The first kappa shape index (κ1) is 18.3. The number of carbonyl (C=O) groups is 2. The number of thioether (sulfide) groups is 1. The van der Waals surface area contributed by atoms with Crippen LogP contribution in [0.4, 0.5) is 0 Å².